The van der Waals surface area contributed by atoms with Gasteiger partial charge in [-0.15, -0.1) is 0 Å². The van der Waals surface area contributed by atoms with Crippen molar-refractivity contribution in [3.8, 4) is 17.2 Å². The largest absolute Gasteiger partial charge is 0.508 e. The fourth-order valence-corrected chi connectivity index (χ4v) is 3.34. The molecule has 1 fully saturated rings. The lowest BCUT2D eigenvalue weighted by Gasteiger charge is -2.26. The van der Waals surface area contributed by atoms with E-state index in [0.717, 1.165) is 4.90 Å². The molecule has 0 saturated carbocycles. The lowest BCUT2D eigenvalue weighted by atomic mass is 10.1. The molecule has 0 bridgehead atoms. The molecule has 3 N–H and O–H groups in total. The van der Waals surface area contributed by atoms with Crippen molar-refractivity contribution in [1.29, 1.82) is 0 Å². The number of urea groups is 1. The molecule has 4 rings (SSSR count). The van der Waals surface area contributed by atoms with Crippen molar-refractivity contribution in [3.05, 3.63) is 83.9 Å². The van der Waals surface area contributed by atoms with Crippen LogP contribution in [0.25, 0.3) is 6.08 Å². The Kier molecular flexibility index (Phi) is 6.96. The van der Waals surface area contributed by atoms with Crippen LogP contribution in [0.3, 0.4) is 0 Å². The number of amides is 5. The number of benzene rings is 3. The topological polar surface area (TPSA) is 134 Å². The Hall–Kier alpha value is -5.12. The Morgan fingerprint density at radius 1 is 0.944 bits per heavy atom. The summed E-state index contributed by atoms with van der Waals surface area (Å²) >= 11 is 0. The summed E-state index contributed by atoms with van der Waals surface area (Å²) in [6.07, 6.45) is 1.34. The van der Waals surface area contributed by atoms with Crippen molar-refractivity contribution < 1.29 is 33.8 Å². The third-order valence-corrected chi connectivity index (χ3v) is 5.14. The fourth-order valence-electron chi connectivity index (χ4n) is 3.34. The minimum atomic E-state index is -0.885. The van der Waals surface area contributed by atoms with E-state index in [2.05, 4.69) is 10.6 Å². The van der Waals surface area contributed by atoms with Crippen molar-refractivity contribution >= 4 is 41.2 Å². The maximum absolute atomic E-state index is 12.9. The molecule has 0 aromatic heterocycles. The molecule has 10 nitrogen and oxygen atoms in total. The number of hydrogen-bond donors (Lipinski definition) is 3. The van der Waals surface area contributed by atoms with Crippen LogP contribution in [0.5, 0.6) is 17.2 Å². The number of methoxy groups -OCH3 is 1. The molecule has 0 atom stereocenters. The molecule has 0 unspecified atom stereocenters. The molecule has 0 aliphatic carbocycles. The summed E-state index contributed by atoms with van der Waals surface area (Å²) in [5.41, 5.74) is 1.06. The van der Waals surface area contributed by atoms with Crippen LogP contribution in [-0.4, -0.2) is 42.6 Å². The third kappa shape index (κ3) is 5.50. The Bertz CT molecular complexity index is 1330. The Labute approximate surface area is 205 Å². The Morgan fingerprint density at radius 3 is 2.22 bits per heavy atom. The summed E-state index contributed by atoms with van der Waals surface area (Å²) in [5, 5.41) is 14.3. The number of ether oxygens (including phenoxy) is 2. The summed E-state index contributed by atoms with van der Waals surface area (Å²) in [5.74, 6) is -0.931. The van der Waals surface area contributed by atoms with Gasteiger partial charge in [-0.05, 0) is 72.3 Å². The highest BCUT2D eigenvalue weighted by atomic mass is 16.5. The molecule has 0 radical (unpaired) electrons. The van der Waals surface area contributed by atoms with Crippen molar-refractivity contribution in [2.45, 2.75) is 0 Å². The van der Waals surface area contributed by atoms with Crippen LogP contribution in [0.1, 0.15) is 5.56 Å². The first kappa shape index (κ1) is 24.0. The fraction of sp³-hybridized carbons (Fsp3) is 0.0769. The number of rotatable bonds is 7. The van der Waals surface area contributed by atoms with Crippen LogP contribution >= 0.6 is 0 Å². The molecule has 36 heavy (non-hydrogen) atoms. The first-order chi connectivity index (χ1) is 17.3. The second-order valence-electron chi connectivity index (χ2n) is 7.61. The van der Waals surface area contributed by atoms with Gasteiger partial charge >= 0.3 is 6.03 Å². The van der Waals surface area contributed by atoms with Gasteiger partial charge in [-0.2, -0.15) is 0 Å². The Morgan fingerprint density at radius 2 is 1.58 bits per heavy atom. The lowest BCUT2D eigenvalue weighted by Crippen LogP contribution is -2.54. The summed E-state index contributed by atoms with van der Waals surface area (Å²) < 4.78 is 10.6. The van der Waals surface area contributed by atoms with E-state index in [1.807, 2.05) is 0 Å². The van der Waals surface area contributed by atoms with E-state index in [9.17, 15) is 24.3 Å². The van der Waals surface area contributed by atoms with Gasteiger partial charge in [0, 0.05) is 5.69 Å². The minimum absolute atomic E-state index is 0.0315. The molecule has 3 aromatic rings. The van der Waals surface area contributed by atoms with Crippen LogP contribution in [0.4, 0.5) is 16.2 Å². The zero-order valence-electron chi connectivity index (χ0n) is 19.1. The molecule has 1 heterocycles. The van der Waals surface area contributed by atoms with Gasteiger partial charge in [0.15, 0.2) is 6.61 Å². The molecule has 5 amide bonds. The van der Waals surface area contributed by atoms with Crippen LogP contribution < -0.4 is 25.0 Å². The number of carbonyl (C=O) groups excluding carboxylic acids is 4. The van der Waals surface area contributed by atoms with Gasteiger partial charge in [-0.1, -0.05) is 12.1 Å². The monoisotopic (exact) mass is 487 g/mol. The second-order valence-corrected chi connectivity index (χ2v) is 7.61. The van der Waals surface area contributed by atoms with Gasteiger partial charge < -0.3 is 19.9 Å². The number of nitrogens with one attached hydrogen (secondary N) is 2. The lowest BCUT2D eigenvalue weighted by molar-refractivity contribution is -0.122. The van der Waals surface area contributed by atoms with Crippen molar-refractivity contribution in [2.75, 3.05) is 23.9 Å². The maximum Gasteiger partial charge on any atom is 0.335 e. The van der Waals surface area contributed by atoms with Gasteiger partial charge in [0.1, 0.15) is 22.8 Å². The number of anilines is 2. The van der Waals surface area contributed by atoms with E-state index < -0.39 is 17.8 Å². The number of barbiturate groups is 1. The molecule has 182 valence electrons. The maximum atomic E-state index is 12.9. The van der Waals surface area contributed by atoms with E-state index in [4.69, 9.17) is 9.47 Å². The molecule has 0 spiro atoms. The van der Waals surface area contributed by atoms with Gasteiger partial charge in [0.25, 0.3) is 17.7 Å². The number of imide groups is 2. The van der Waals surface area contributed by atoms with Crippen LogP contribution in [0.15, 0.2) is 78.4 Å². The third-order valence-electron chi connectivity index (χ3n) is 5.14. The summed E-state index contributed by atoms with van der Waals surface area (Å²) in [6.45, 7) is -0.225. The van der Waals surface area contributed by atoms with E-state index in [-0.39, 0.29) is 29.5 Å². The standard InChI is InChI=1S/C26H21N3O7/c1-35-20-12-4-17(5-13-20)27-23(31)15-36-21-10-2-16(3-11-21)14-22-24(32)28-26(34)29(25(22)33)18-6-8-19(30)9-7-18/h2-14,30H,15H2,1H3,(H,27,31)(H,28,32,34)/b22-14-. The molecule has 1 aliphatic rings. The molecular weight excluding hydrogens is 466 g/mol. The minimum Gasteiger partial charge on any atom is -0.508 e. The molecular formula is C26H21N3O7. The highest BCUT2D eigenvalue weighted by Crippen LogP contribution is 2.24. The van der Waals surface area contributed by atoms with Gasteiger partial charge in [0.2, 0.25) is 0 Å². The van der Waals surface area contributed by atoms with Gasteiger partial charge in [-0.25, -0.2) is 9.69 Å². The first-order valence-corrected chi connectivity index (χ1v) is 10.7. The van der Waals surface area contributed by atoms with E-state index in [1.54, 1.807) is 55.6 Å². The first-order valence-electron chi connectivity index (χ1n) is 10.7. The quantitative estimate of drug-likeness (QED) is 0.344. The van der Waals surface area contributed by atoms with E-state index in [1.165, 1.54) is 30.3 Å². The SMILES string of the molecule is COc1ccc(NC(=O)COc2ccc(/C=C3/C(=O)NC(=O)N(c4ccc(O)cc4)C3=O)cc2)cc1. The number of phenolic OH excluding ortho intramolecular Hbond substituents is 1. The highest BCUT2D eigenvalue weighted by molar-refractivity contribution is 6.39. The average molecular weight is 487 g/mol. The number of aromatic hydroxyl groups is 1. The Balaban J connectivity index is 1.40. The van der Waals surface area contributed by atoms with Crippen molar-refractivity contribution in [3.63, 3.8) is 0 Å². The van der Waals surface area contributed by atoms with E-state index >= 15 is 0 Å². The summed E-state index contributed by atoms with van der Waals surface area (Å²) in [7, 11) is 1.55. The number of nitrogens with zero attached hydrogens (tertiary/aromatic N) is 1. The zero-order chi connectivity index (χ0) is 25.7. The normalized spacial score (nSPS) is 14.4. The van der Waals surface area contributed by atoms with Crippen molar-refractivity contribution in [1.82, 2.24) is 5.32 Å². The molecule has 10 heteroatoms. The number of phenols is 1. The van der Waals surface area contributed by atoms with Crippen LogP contribution in [-0.2, 0) is 14.4 Å². The van der Waals surface area contributed by atoms with Gasteiger partial charge in [0.05, 0.1) is 12.8 Å². The molecule has 1 aliphatic heterocycles. The van der Waals surface area contributed by atoms with Crippen molar-refractivity contribution in [2.24, 2.45) is 0 Å². The van der Waals surface area contributed by atoms with Crippen LogP contribution in [0, 0.1) is 0 Å². The second kappa shape index (κ2) is 10.4. The molecule has 3 aromatic carbocycles. The predicted octanol–water partition coefficient (Wildman–Crippen LogP) is 3.08. The van der Waals surface area contributed by atoms with Gasteiger partial charge in [-0.3, -0.25) is 19.7 Å². The van der Waals surface area contributed by atoms with E-state index in [0.29, 0.717) is 22.7 Å². The number of carbonyl (C=O) groups is 4. The summed E-state index contributed by atoms with van der Waals surface area (Å²) in [6, 6.07) is 17.8. The molecule has 1 saturated heterocycles. The average Bonchev–Trinajstić information content (AvgIpc) is 2.87. The smallest absolute Gasteiger partial charge is 0.335 e. The predicted molar refractivity (Wildman–Crippen MR) is 131 cm³/mol. The zero-order valence-corrected chi connectivity index (χ0v) is 19.1. The van der Waals surface area contributed by atoms with Crippen LogP contribution in [0.2, 0.25) is 0 Å². The highest BCUT2D eigenvalue weighted by Gasteiger charge is 2.36. The summed E-state index contributed by atoms with van der Waals surface area (Å²) in [4.78, 5) is 50.4. The number of hydrogen-bond acceptors (Lipinski definition) is 7.